The zero-order valence-electron chi connectivity index (χ0n) is 12.3. The summed E-state index contributed by atoms with van der Waals surface area (Å²) >= 11 is 0. The van der Waals surface area contributed by atoms with E-state index in [1.807, 2.05) is 31.3 Å². The Kier molecular flexibility index (Phi) is 5.33. The van der Waals surface area contributed by atoms with E-state index in [4.69, 9.17) is 5.11 Å². The van der Waals surface area contributed by atoms with Gasteiger partial charge < -0.3 is 15.3 Å². The Morgan fingerprint density at radius 1 is 1.38 bits per heavy atom. The fraction of sp³-hybridized carbons (Fsp3) is 0.500. The van der Waals surface area contributed by atoms with Crippen molar-refractivity contribution in [3.05, 3.63) is 35.4 Å². The Hall–Kier alpha value is -1.88. The van der Waals surface area contributed by atoms with Crippen molar-refractivity contribution < 1.29 is 14.7 Å². The highest BCUT2D eigenvalue weighted by Crippen LogP contribution is 2.20. The first-order chi connectivity index (χ1) is 10.1. The third-order valence-corrected chi connectivity index (χ3v) is 3.95. The van der Waals surface area contributed by atoms with E-state index >= 15 is 0 Å². The van der Waals surface area contributed by atoms with Gasteiger partial charge in [0.25, 0.3) is 5.91 Å². The molecule has 1 heterocycles. The average molecular weight is 290 g/mol. The van der Waals surface area contributed by atoms with Gasteiger partial charge in [-0.2, -0.15) is 0 Å². The number of nitrogens with one attached hydrogen (secondary N) is 1. The second-order valence-electron chi connectivity index (χ2n) is 5.44. The first-order valence-electron chi connectivity index (χ1n) is 7.38. The molecule has 1 aliphatic rings. The summed E-state index contributed by atoms with van der Waals surface area (Å²) in [6, 6.07) is 7.58. The number of likely N-dealkylation sites (N-methyl/N-ethyl adjacent to an activating group) is 1. The molecule has 1 fully saturated rings. The molecule has 0 saturated carbocycles. The Balaban J connectivity index is 2.14. The molecule has 1 aliphatic heterocycles. The third-order valence-electron chi connectivity index (χ3n) is 3.95. The molecule has 0 aliphatic carbocycles. The standard InChI is InChI=1S/C16H22N2O3/c1-17-9-8-12-5-2-3-7-14(12)15(19)18-10-4-6-13(11-18)16(20)21/h2-3,5,7,13,17H,4,6,8-11H2,1H3,(H,20,21)/t13-/m0/s1. The zero-order valence-corrected chi connectivity index (χ0v) is 12.3. The molecular weight excluding hydrogens is 268 g/mol. The van der Waals surface area contributed by atoms with Crippen LogP contribution in [0.1, 0.15) is 28.8 Å². The number of carbonyl (C=O) groups is 2. The topological polar surface area (TPSA) is 69.6 Å². The van der Waals surface area contributed by atoms with Gasteiger partial charge in [0.2, 0.25) is 0 Å². The predicted molar refractivity (Wildman–Crippen MR) is 80.3 cm³/mol. The number of rotatable bonds is 5. The van der Waals surface area contributed by atoms with Crippen molar-refractivity contribution in [3.63, 3.8) is 0 Å². The zero-order chi connectivity index (χ0) is 15.2. The lowest BCUT2D eigenvalue weighted by Crippen LogP contribution is -2.42. The fourth-order valence-electron chi connectivity index (χ4n) is 2.74. The minimum absolute atomic E-state index is 0.0485. The molecule has 5 heteroatoms. The molecule has 2 N–H and O–H groups in total. The van der Waals surface area contributed by atoms with Gasteiger partial charge in [0.15, 0.2) is 0 Å². The van der Waals surface area contributed by atoms with Crippen LogP contribution in [0.5, 0.6) is 0 Å². The van der Waals surface area contributed by atoms with Crippen LogP contribution in [-0.2, 0) is 11.2 Å². The van der Waals surface area contributed by atoms with Gasteiger partial charge in [0, 0.05) is 18.7 Å². The summed E-state index contributed by atoms with van der Waals surface area (Å²) < 4.78 is 0. The van der Waals surface area contributed by atoms with Crippen LogP contribution in [0.3, 0.4) is 0 Å². The molecule has 114 valence electrons. The van der Waals surface area contributed by atoms with Crippen LogP contribution in [0.15, 0.2) is 24.3 Å². The summed E-state index contributed by atoms with van der Waals surface area (Å²) in [6.07, 6.45) is 2.19. The Bertz CT molecular complexity index is 516. The molecule has 0 unspecified atom stereocenters. The van der Waals surface area contributed by atoms with Gasteiger partial charge >= 0.3 is 5.97 Å². The number of amides is 1. The molecule has 2 rings (SSSR count). The van der Waals surface area contributed by atoms with Crippen molar-refractivity contribution in [3.8, 4) is 0 Å². The normalized spacial score (nSPS) is 18.5. The SMILES string of the molecule is CNCCc1ccccc1C(=O)N1CCC[C@H](C(=O)O)C1. The number of carboxylic acid groups (broad SMARTS) is 1. The van der Waals surface area contributed by atoms with Crippen molar-refractivity contribution >= 4 is 11.9 Å². The number of aliphatic carboxylic acids is 1. The maximum absolute atomic E-state index is 12.7. The highest BCUT2D eigenvalue weighted by atomic mass is 16.4. The van der Waals surface area contributed by atoms with Gasteiger partial charge in [0.1, 0.15) is 0 Å². The average Bonchev–Trinajstić information content (AvgIpc) is 2.52. The molecule has 0 aromatic heterocycles. The van der Waals surface area contributed by atoms with Crippen LogP contribution in [0.4, 0.5) is 0 Å². The first kappa shape index (κ1) is 15.5. The van der Waals surface area contributed by atoms with Crippen LogP contribution >= 0.6 is 0 Å². The van der Waals surface area contributed by atoms with Gasteiger partial charge in [-0.3, -0.25) is 9.59 Å². The molecule has 1 saturated heterocycles. The third kappa shape index (κ3) is 3.82. The van der Waals surface area contributed by atoms with E-state index in [9.17, 15) is 9.59 Å². The number of likely N-dealkylation sites (tertiary alicyclic amines) is 1. The number of nitrogens with zero attached hydrogens (tertiary/aromatic N) is 1. The van der Waals surface area contributed by atoms with Gasteiger partial charge in [-0.1, -0.05) is 18.2 Å². The van der Waals surface area contributed by atoms with E-state index in [1.165, 1.54) is 0 Å². The lowest BCUT2D eigenvalue weighted by molar-refractivity contribution is -0.143. The van der Waals surface area contributed by atoms with Gasteiger partial charge in [-0.05, 0) is 44.5 Å². The summed E-state index contributed by atoms with van der Waals surface area (Å²) in [4.78, 5) is 25.5. The molecular formula is C16H22N2O3. The molecule has 0 radical (unpaired) electrons. The van der Waals surface area contributed by atoms with Crippen LogP contribution in [0.25, 0.3) is 0 Å². The number of carbonyl (C=O) groups excluding carboxylic acids is 1. The lowest BCUT2D eigenvalue weighted by atomic mass is 9.96. The molecule has 0 spiro atoms. The molecule has 5 nitrogen and oxygen atoms in total. The summed E-state index contributed by atoms with van der Waals surface area (Å²) in [6.45, 7) is 1.76. The van der Waals surface area contributed by atoms with Crippen molar-refractivity contribution in [2.45, 2.75) is 19.3 Å². The van der Waals surface area contributed by atoms with E-state index in [0.29, 0.717) is 25.1 Å². The quantitative estimate of drug-likeness (QED) is 0.859. The summed E-state index contributed by atoms with van der Waals surface area (Å²) in [5.74, 6) is -1.30. The maximum atomic E-state index is 12.7. The largest absolute Gasteiger partial charge is 0.481 e. The van der Waals surface area contributed by atoms with E-state index in [-0.39, 0.29) is 5.91 Å². The van der Waals surface area contributed by atoms with E-state index in [2.05, 4.69) is 5.32 Å². The lowest BCUT2D eigenvalue weighted by Gasteiger charge is -2.31. The number of piperidine rings is 1. The molecule has 0 bridgehead atoms. The number of benzene rings is 1. The Morgan fingerprint density at radius 2 is 2.14 bits per heavy atom. The van der Waals surface area contributed by atoms with E-state index < -0.39 is 11.9 Å². The smallest absolute Gasteiger partial charge is 0.308 e. The molecule has 1 atom stereocenters. The summed E-state index contributed by atoms with van der Waals surface area (Å²) in [7, 11) is 1.88. The van der Waals surface area contributed by atoms with Gasteiger partial charge in [-0.25, -0.2) is 0 Å². The van der Waals surface area contributed by atoms with Gasteiger partial charge in [0.05, 0.1) is 5.92 Å². The van der Waals surface area contributed by atoms with Crippen molar-refractivity contribution in [1.29, 1.82) is 0 Å². The highest BCUT2D eigenvalue weighted by molar-refractivity contribution is 5.96. The number of carboxylic acids is 1. The minimum Gasteiger partial charge on any atom is -0.481 e. The fourth-order valence-corrected chi connectivity index (χ4v) is 2.74. The second-order valence-corrected chi connectivity index (χ2v) is 5.44. The van der Waals surface area contributed by atoms with Crippen molar-refractivity contribution in [1.82, 2.24) is 10.2 Å². The van der Waals surface area contributed by atoms with Crippen molar-refractivity contribution in [2.24, 2.45) is 5.92 Å². The highest BCUT2D eigenvalue weighted by Gasteiger charge is 2.29. The minimum atomic E-state index is -0.809. The van der Waals surface area contributed by atoms with Gasteiger partial charge in [-0.15, -0.1) is 0 Å². The van der Waals surface area contributed by atoms with Crippen LogP contribution in [0, 0.1) is 5.92 Å². The Labute approximate surface area is 125 Å². The van der Waals surface area contributed by atoms with Crippen LogP contribution < -0.4 is 5.32 Å². The van der Waals surface area contributed by atoms with E-state index in [0.717, 1.165) is 24.9 Å². The monoisotopic (exact) mass is 290 g/mol. The molecule has 21 heavy (non-hydrogen) atoms. The predicted octanol–water partition coefficient (Wildman–Crippen LogP) is 1.39. The molecule has 1 aromatic carbocycles. The second kappa shape index (κ2) is 7.22. The molecule has 1 aromatic rings. The number of hydrogen-bond donors (Lipinski definition) is 2. The first-order valence-corrected chi connectivity index (χ1v) is 7.38. The van der Waals surface area contributed by atoms with Crippen molar-refractivity contribution in [2.75, 3.05) is 26.7 Å². The maximum Gasteiger partial charge on any atom is 0.308 e. The van der Waals surface area contributed by atoms with Crippen LogP contribution in [-0.4, -0.2) is 48.6 Å². The number of hydrogen-bond acceptors (Lipinski definition) is 3. The van der Waals surface area contributed by atoms with Crippen LogP contribution in [0.2, 0.25) is 0 Å². The summed E-state index contributed by atoms with van der Waals surface area (Å²) in [5, 5.41) is 12.2. The van der Waals surface area contributed by atoms with E-state index in [1.54, 1.807) is 4.90 Å². The summed E-state index contributed by atoms with van der Waals surface area (Å²) in [5.41, 5.74) is 1.70. The molecule has 1 amide bonds. The Morgan fingerprint density at radius 3 is 2.86 bits per heavy atom.